The molecule has 2 amide bonds. The first kappa shape index (κ1) is 24.6. The third kappa shape index (κ3) is 5.56. The number of halogens is 2. The Morgan fingerprint density at radius 3 is 2.38 bits per heavy atom. The van der Waals surface area contributed by atoms with E-state index in [0.717, 1.165) is 11.6 Å². The van der Waals surface area contributed by atoms with Gasteiger partial charge in [0.05, 0.1) is 17.9 Å². The number of carbonyl (C=O) groups excluding carboxylic acids is 1. The summed E-state index contributed by atoms with van der Waals surface area (Å²) in [5.41, 5.74) is 1.17. The Bertz CT molecular complexity index is 1170. The minimum Gasteiger partial charge on any atom is -0.389 e. The summed E-state index contributed by atoms with van der Waals surface area (Å²) < 4.78 is 53.8. The van der Waals surface area contributed by atoms with Gasteiger partial charge in [-0.3, -0.25) is 0 Å². The molecule has 2 aliphatic heterocycles. The standard InChI is InChI=1S/C24H29F2N3O4S/c1-24(2,31)15-34(32,33)29-9-7-17(8-10-29)16-3-5-20(6-4-16)27-23(30)28-13-18-11-19(25)12-22(26)21(18)14-28/h3-6,11-12,17,31H,7-10,13-15H2,1-2H3,(H,27,30). The fourth-order valence-electron chi connectivity index (χ4n) is 4.62. The summed E-state index contributed by atoms with van der Waals surface area (Å²) in [6.07, 6.45) is 1.34. The van der Waals surface area contributed by atoms with Crippen LogP contribution >= 0.6 is 0 Å². The summed E-state index contributed by atoms with van der Waals surface area (Å²) in [6.45, 7) is 3.99. The number of carbonyl (C=O) groups is 1. The average molecular weight is 494 g/mol. The number of rotatable bonds is 5. The summed E-state index contributed by atoms with van der Waals surface area (Å²) in [6, 6.07) is 9.08. The molecule has 2 aromatic carbocycles. The van der Waals surface area contributed by atoms with Crippen molar-refractivity contribution in [2.75, 3.05) is 24.2 Å². The van der Waals surface area contributed by atoms with E-state index in [0.29, 0.717) is 42.7 Å². The van der Waals surface area contributed by atoms with Crippen molar-refractivity contribution in [2.24, 2.45) is 0 Å². The maximum atomic E-state index is 14.0. The first-order valence-electron chi connectivity index (χ1n) is 11.2. The molecule has 0 unspecified atom stereocenters. The topological polar surface area (TPSA) is 90.0 Å². The minimum atomic E-state index is -3.51. The third-order valence-electron chi connectivity index (χ3n) is 6.27. The number of benzene rings is 2. The molecule has 0 aliphatic carbocycles. The number of anilines is 1. The van der Waals surface area contributed by atoms with E-state index in [4.69, 9.17) is 0 Å². The highest BCUT2D eigenvalue weighted by atomic mass is 32.2. The lowest BCUT2D eigenvalue weighted by atomic mass is 9.90. The number of urea groups is 1. The Labute approximate surface area is 198 Å². The molecule has 0 atom stereocenters. The van der Waals surface area contributed by atoms with E-state index in [1.165, 1.54) is 29.1 Å². The molecule has 2 aromatic rings. The Hall–Kier alpha value is -2.56. The van der Waals surface area contributed by atoms with Crippen molar-refractivity contribution >= 4 is 21.7 Å². The van der Waals surface area contributed by atoms with Crippen LogP contribution in [-0.2, 0) is 23.1 Å². The monoisotopic (exact) mass is 493 g/mol. The fraction of sp³-hybridized carbons (Fsp3) is 0.458. The van der Waals surface area contributed by atoms with Crippen molar-refractivity contribution in [1.29, 1.82) is 0 Å². The average Bonchev–Trinajstić information content (AvgIpc) is 3.17. The molecule has 0 aromatic heterocycles. The Balaban J connectivity index is 1.32. The van der Waals surface area contributed by atoms with Crippen LogP contribution in [0.1, 0.15) is 49.3 Å². The number of hydrogen-bond donors (Lipinski definition) is 2. The van der Waals surface area contributed by atoms with Crippen molar-refractivity contribution in [2.45, 2.75) is 51.3 Å². The van der Waals surface area contributed by atoms with Gasteiger partial charge in [0.15, 0.2) is 0 Å². The van der Waals surface area contributed by atoms with Gasteiger partial charge in [-0.25, -0.2) is 26.3 Å². The van der Waals surface area contributed by atoms with Gasteiger partial charge in [0, 0.05) is 37.0 Å². The van der Waals surface area contributed by atoms with Gasteiger partial charge in [-0.05, 0) is 61.9 Å². The molecule has 0 bridgehead atoms. The molecule has 184 valence electrons. The van der Waals surface area contributed by atoms with Crippen LogP contribution in [0.3, 0.4) is 0 Å². The van der Waals surface area contributed by atoms with Gasteiger partial charge in [0.25, 0.3) is 0 Å². The summed E-state index contributed by atoms with van der Waals surface area (Å²) in [5.74, 6) is -1.41. The molecule has 2 heterocycles. The second kappa shape index (κ2) is 9.24. The van der Waals surface area contributed by atoms with Gasteiger partial charge >= 0.3 is 6.03 Å². The van der Waals surface area contributed by atoms with Gasteiger partial charge in [-0.15, -0.1) is 0 Å². The first-order valence-corrected chi connectivity index (χ1v) is 12.8. The zero-order valence-corrected chi connectivity index (χ0v) is 20.0. The zero-order chi connectivity index (χ0) is 24.7. The number of nitrogens with zero attached hydrogens (tertiary/aromatic N) is 2. The van der Waals surface area contributed by atoms with E-state index in [9.17, 15) is 27.1 Å². The lowest BCUT2D eigenvalue weighted by Gasteiger charge is -2.33. The summed E-state index contributed by atoms with van der Waals surface area (Å²) in [7, 11) is -3.51. The number of fused-ring (bicyclic) bond motifs is 1. The predicted octanol–water partition coefficient (Wildman–Crippen LogP) is 3.79. The van der Waals surface area contributed by atoms with E-state index in [-0.39, 0.29) is 24.8 Å². The van der Waals surface area contributed by atoms with Crippen LogP contribution in [0.15, 0.2) is 36.4 Å². The van der Waals surface area contributed by atoms with Crippen LogP contribution in [0, 0.1) is 11.6 Å². The number of aliphatic hydroxyl groups is 1. The second-order valence-corrected chi connectivity index (χ2v) is 11.6. The van der Waals surface area contributed by atoms with Crippen molar-refractivity contribution in [1.82, 2.24) is 9.21 Å². The lowest BCUT2D eigenvalue weighted by Crippen LogP contribution is -2.44. The van der Waals surface area contributed by atoms with Crippen molar-refractivity contribution in [3.63, 3.8) is 0 Å². The molecule has 0 radical (unpaired) electrons. The Morgan fingerprint density at radius 1 is 1.12 bits per heavy atom. The number of nitrogens with one attached hydrogen (secondary N) is 1. The van der Waals surface area contributed by atoms with Crippen molar-refractivity contribution in [3.05, 3.63) is 64.7 Å². The Morgan fingerprint density at radius 2 is 1.76 bits per heavy atom. The SMILES string of the molecule is CC(C)(O)CS(=O)(=O)N1CCC(c2ccc(NC(=O)N3Cc4cc(F)cc(F)c4C3)cc2)CC1. The molecule has 0 saturated carbocycles. The number of amides is 2. The van der Waals surface area contributed by atoms with Crippen molar-refractivity contribution < 1.29 is 27.1 Å². The quantitative estimate of drug-likeness (QED) is 0.663. The fourth-order valence-corrected chi connectivity index (χ4v) is 6.46. The highest BCUT2D eigenvalue weighted by Crippen LogP contribution is 2.31. The molecule has 2 aliphatic rings. The molecular formula is C24H29F2N3O4S. The molecule has 4 rings (SSSR count). The van der Waals surface area contributed by atoms with Crippen LogP contribution in [0.5, 0.6) is 0 Å². The van der Waals surface area contributed by atoms with E-state index < -0.39 is 33.3 Å². The third-order valence-corrected chi connectivity index (χ3v) is 8.49. The molecule has 0 spiro atoms. The summed E-state index contributed by atoms with van der Waals surface area (Å²) in [4.78, 5) is 14.0. The van der Waals surface area contributed by atoms with Gasteiger partial charge in [0.1, 0.15) is 11.6 Å². The van der Waals surface area contributed by atoms with Crippen LogP contribution in [0.25, 0.3) is 0 Å². The van der Waals surface area contributed by atoms with Crippen LogP contribution in [0.4, 0.5) is 19.3 Å². The molecule has 1 fully saturated rings. The maximum Gasteiger partial charge on any atom is 0.322 e. The predicted molar refractivity (Wildman–Crippen MR) is 125 cm³/mol. The molecular weight excluding hydrogens is 464 g/mol. The highest BCUT2D eigenvalue weighted by Gasteiger charge is 2.33. The number of hydrogen-bond acceptors (Lipinski definition) is 4. The van der Waals surface area contributed by atoms with Gasteiger partial charge in [-0.1, -0.05) is 12.1 Å². The number of sulfonamides is 1. The Kier molecular flexibility index (Phi) is 6.67. The highest BCUT2D eigenvalue weighted by molar-refractivity contribution is 7.89. The second-order valence-electron chi connectivity index (χ2n) is 9.68. The normalized spacial score (nSPS) is 17.6. The first-order chi connectivity index (χ1) is 15.9. The molecule has 2 N–H and O–H groups in total. The molecule has 10 heteroatoms. The van der Waals surface area contributed by atoms with E-state index in [1.807, 2.05) is 12.1 Å². The van der Waals surface area contributed by atoms with E-state index in [2.05, 4.69) is 5.32 Å². The maximum absolute atomic E-state index is 14.0. The van der Waals surface area contributed by atoms with Gasteiger partial charge < -0.3 is 15.3 Å². The number of piperidine rings is 1. The van der Waals surface area contributed by atoms with Crippen molar-refractivity contribution in [3.8, 4) is 0 Å². The van der Waals surface area contributed by atoms with E-state index >= 15 is 0 Å². The summed E-state index contributed by atoms with van der Waals surface area (Å²) >= 11 is 0. The zero-order valence-electron chi connectivity index (χ0n) is 19.2. The summed E-state index contributed by atoms with van der Waals surface area (Å²) in [5, 5.41) is 12.7. The largest absolute Gasteiger partial charge is 0.389 e. The van der Waals surface area contributed by atoms with Crippen LogP contribution in [-0.4, -0.2) is 53.2 Å². The van der Waals surface area contributed by atoms with Crippen LogP contribution in [0.2, 0.25) is 0 Å². The van der Waals surface area contributed by atoms with Gasteiger partial charge in [-0.2, -0.15) is 0 Å². The molecule has 1 saturated heterocycles. The van der Waals surface area contributed by atoms with Gasteiger partial charge in [0.2, 0.25) is 10.0 Å². The lowest BCUT2D eigenvalue weighted by molar-refractivity contribution is 0.103. The van der Waals surface area contributed by atoms with E-state index in [1.54, 1.807) is 12.1 Å². The minimum absolute atomic E-state index is 0.0836. The molecule has 7 nitrogen and oxygen atoms in total. The smallest absolute Gasteiger partial charge is 0.322 e. The van der Waals surface area contributed by atoms with Crippen LogP contribution < -0.4 is 5.32 Å². The molecule has 34 heavy (non-hydrogen) atoms.